The van der Waals surface area contributed by atoms with Gasteiger partial charge in [0.1, 0.15) is 5.82 Å². The first-order chi connectivity index (χ1) is 8.06. The average molecular weight is 239 g/mol. The molecule has 0 fully saturated rings. The van der Waals surface area contributed by atoms with Crippen molar-refractivity contribution in [1.29, 1.82) is 0 Å². The summed E-state index contributed by atoms with van der Waals surface area (Å²) in [5.41, 5.74) is -0.261. The topological polar surface area (TPSA) is 39.1 Å². The fourth-order valence-electron chi connectivity index (χ4n) is 2.16. The zero-order valence-corrected chi connectivity index (χ0v) is 11.7. The van der Waals surface area contributed by atoms with Crippen molar-refractivity contribution in [2.45, 2.75) is 52.8 Å². The first-order valence-electron chi connectivity index (χ1n) is 6.45. The summed E-state index contributed by atoms with van der Waals surface area (Å²) in [5, 5.41) is 3.48. The summed E-state index contributed by atoms with van der Waals surface area (Å²) < 4.78 is 8.01. The smallest absolute Gasteiger partial charge is 0.128 e. The van der Waals surface area contributed by atoms with E-state index in [1.807, 2.05) is 19.3 Å². The molecule has 0 bridgehead atoms. The third kappa shape index (κ3) is 3.30. The molecule has 0 radical (unpaired) electrons. The molecule has 1 atom stereocenters. The van der Waals surface area contributed by atoms with Crippen molar-refractivity contribution in [3.8, 4) is 0 Å². The van der Waals surface area contributed by atoms with Gasteiger partial charge in [0.25, 0.3) is 0 Å². The van der Waals surface area contributed by atoms with E-state index in [1.165, 1.54) is 0 Å². The van der Waals surface area contributed by atoms with Crippen molar-refractivity contribution >= 4 is 0 Å². The number of nitrogens with one attached hydrogen (secondary N) is 1. The molecule has 0 aromatic carbocycles. The molecule has 1 aromatic heterocycles. The quantitative estimate of drug-likeness (QED) is 0.794. The van der Waals surface area contributed by atoms with Gasteiger partial charge < -0.3 is 14.6 Å². The molecule has 0 spiro atoms. The predicted molar refractivity (Wildman–Crippen MR) is 70.0 cm³/mol. The maximum Gasteiger partial charge on any atom is 0.128 e. The van der Waals surface area contributed by atoms with E-state index in [-0.39, 0.29) is 11.6 Å². The predicted octanol–water partition coefficient (Wildman–Crippen LogP) is 2.37. The highest BCUT2D eigenvalue weighted by molar-refractivity contribution is 5.05. The Morgan fingerprint density at radius 2 is 2.12 bits per heavy atom. The number of likely N-dealkylation sites (N-methyl/N-ethyl adjacent to an activating group) is 1. The summed E-state index contributed by atoms with van der Waals surface area (Å²) in [5.74, 6) is 1.05. The Morgan fingerprint density at radius 3 is 2.65 bits per heavy atom. The van der Waals surface area contributed by atoms with Crippen molar-refractivity contribution in [3.05, 3.63) is 18.2 Å². The first-order valence-corrected chi connectivity index (χ1v) is 6.45. The molecule has 17 heavy (non-hydrogen) atoms. The van der Waals surface area contributed by atoms with E-state index in [2.05, 4.69) is 42.6 Å². The minimum absolute atomic E-state index is 0.113. The van der Waals surface area contributed by atoms with E-state index in [0.717, 1.165) is 18.9 Å². The molecule has 0 aliphatic rings. The third-order valence-electron chi connectivity index (χ3n) is 2.97. The molecular formula is C13H25N3O. The van der Waals surface area contributed by atoms with Crippen LogP contribution in [-0.2, 0) is 11.3 Å². The van der Waals surface area contributed by atoms with Crippen LogP contribution >= 0.6 is 0 Å². The molecular weight excluding hydrogens is 214 g/mol. The summed E-state index contributed by atoms with van der Waals surface area (Å²) in [6, 6.07) is 0.113. The van der Waals surface area contributed by atoms with Crippen LogP contribution in [-0.4, -0.2) is 28.3 Å². The Balaban J connectivity index is 3.00. The van der Waals surface area contributed by atoms with Crippen LogP contribution in [0.5, 0.6) is 0 Å². The highest BCUT2D eigenvalue weighted by atomic mass is 16.5. The fourth-order valence-corrected chi connectivity index (χ4v) is 2.16. The van der Waals surface area contributed by atoms with Gasteiger partial charge in [0.2, 0.25) is 0 Å². The second kappa shape index (κ2) is 6.17. The Kier molecular flexibility index (Phi) is 5.15. The molecule has 98 valence electrons. The molecule has 1 aromatic rings. The van der Waals surface area contributed by atoms with Crippen molar-refractivity contribution < 1.29 is 4.74 Å². The molecule has 4 nitrogen and oxygen atoms in total. The maximum atomic E-state index is 5.85. The molecule has 1 rings (SSSR count). The molecule has 1 unspecified atom stereocenters. The zero-order chi connectivity index (χ0) is 12.9. The van der Waals surface area contributed by atoms with Crippen LogP contribution in [0, 0.1) is 0 Å². The van der Waals surface area contributed by atoms with Crippen LogP contribution in [0.15, 0.2) is 12.4 Å². The molecule has 0 aliphatic carbocycles. The van der Waals surface area contributed by atoms with E-state index in [4.69, 9.17) is 4.74 Å². The Bertz CT molecular complexity index is 333. The van der Waals surface area contributed by atoms with Gasteiger partial charge in [-0.2, -0.15) is 0 Å². The van der Waals surface area contributed by atoms with Gasteiger partial charge in [-0.15, -0.1) is 0 Å². The van der Waals surface area contributed by atoms with Crippen molar-refractivity contribution in [3.63, 3.8) is 0 Å². The molecule has 4 heteroatoms. The van der Waals surface area contributed by atoms with Crippen LogP contribution in [0.3, 0.4) is 0 Å². The van der Waals surface area contributed by atoms with Gasteiger partial charge in [-0.3, -0.25) is 0 Å². The fraction of sp³-hybridized carbons (Fsp3) is 0.769. The molecule has 0 amide bonds. The zero-order valence-electron chi connectivity index (χ0n) is 11.7. The van der Waals surface area contributed by atoms with Crippen LogP contribution in [0.1, 0.15) is 46.5 Å². The van der Waals surface area contributed by atoms with Gasteiger partial charge in [0.05, 0.1) is 11.6 Å². The third-order valence-corrected chi connectivity index (χ3v) is 2.97. The number of aromatic nitrogens is 2. The van der Waals surface area contributed by atoms with Gasteiger partial charge in [-0.05, 0) is 34.2 Å². The van der Waals surface area contributed by atoms with Crippen LogP contribution in [0.4, 0.5) is 0 Å². The van der Waals surface area contributed by atoms with E-state index >= 15 is 0 Å². The van der Waals surface area contributed by atoms with E-state index in [1.54, 1.807) is 0 Å². The number of imidazole rings is 1. The summed E-state index contributed by atoms with van der Waals surface area (Å²) >= 11 is 0. The second-order valence-corrected chi connectivity index (χ2v) is 4.60. The van der Waals surface area contributed by atoms with E-state index in [9.17, 15) is 0 Å². The van der Waals surface area contributed by atoms with E-state index in [0.29, 0.717) is 6.61 Å². The number of hydrogen-bond acceptors (Lipinski definition) is 3. The van der Waals surface area contributed by atoms with Crippen molar-refractivity contribution in [1.82, 2.24) is 14.9 Å². The number of ether oxygens (including phenoxy) is 1. The van der Waals surface area contributed by atoms with Gasteiger partial charge in [-0.1, -0.05) is 6.92 Å². The standard InChI is InChI=1S/C13H25N3O/c1-6-14-11(13(4,5)17-8-3)12-15-9-10-16(12)7-2/h9-11,14H,6-8H2,1-5H3. The van der Waals surface area contributed by atoms with Crippen LogP contribution in [0.2, 0.25) is 0 Å². The van der Waals surface area contributed by atoms with Gasteiger partial charge in [0, 0.05) is 25.5 Å². The Labute approximate surface area is 104 Å². The van der Waals surface area contributed by atoms with Gasteiger partial charge >= 0.3 is 0 Å². The highest BCUT2D eigenvalue weighted by Gasteiger charge is 2.33. The molecule has 1 N–H and O–H groups in total. The highest BCUT2D eigenvalue weighted by Crippen LogP contribution is 2.27. The molecule has 0 saturated heterocycles. The second-order valence-electron chi connectivity index (χ2n) is 4.60. The molecule has 0 saturated carbocycles. The summed E-state index contributed by atoms with van der Waals surface area (Å²) in [7, 11) is 0. The Hall–Kier alpha value is -0.870. The van der Waals surface area contributed by atoms with Crippen molar-refractivity contribution in [2.24, 2.45) is 0 Å². The molecule has 1 heterocycles. The van der Waals surface area contributed by atoms with Gasteiger partial charge in [0.15, 0.2) is 0 Å². The first kappa shape index (κ1) is 14.2. The van der Waals surface area contributed by atoms with Crippen molar-refractivity contribution in [2.75, 3.05) is 13.2 Å². The Morgan fingerprint density at radius 1 is 1.41 bits per heavy atom. The van der Waals surface area contributed by atoms with Crippen LogP contribution in [0.25, 0.3) is 0 Å². The minimum atomic E-state index is -0.261. The lowest BCUT2D eigenvalue weighted by atomic mass is 9.97. The minimum Gasteiger partial charge on any atom is -0.374 e. The normalized spacial score (nSPS) is 13.9. The summed E-state index contributed by atoms with van der Waals surface area (Å²) in [4.78, 5) is 4.47. The number of aryl methyl sites for hydroxylation is 1. The van der Waals surface area contributed by atoms with E-state index < -0.39 is 0 Å². The number of hydrogen-bond donors (Lipinski definition) is 1. The lowest BCUT2D eigenvalue weighted by Gasteiger charge is -2.34. The van der Waals surface area contributed by atoms with Gasteiger partial charge in [-0.25, -0.2) is 4.98 Å². The lowest BCUT2D eigenvalue weighted by Crippen LogP contribution is -2.43. The largest absolute Gasteiger partial charge is 0.374 e. The monoisotopic (exact) mass is 239 g/mol. The summed E-state index contributed by atoms with van der Waals surface area (Å²) in [6.07, 6.45) is 3.87. The summed E-state index contributed by atoms with van der Waals surface area (Å²) in [6.45, 7) is 13.0. The van der Waals surface area contributed by atoms with Crippen LogP contribution < -0.4 is 5.32 Å². The molecule has 0 aliphatic heterocycles. The SMILES string of the molecule is CCNC(c1nccn1CC)C(C)(C)OCC. The lowest BCUT2D eigenvalue weighted by molar-refractivity contribution is -0.0416. The maximum absolute atomic E-state index is 5.85. The average Bonchev–Trinajstić information content (AvgIpc) is 2.73. The number of nitrogens with zero attached hydrogens (tertiary/aromatic N) is 2. The number of rotatable bonds is 7.